The Morgan fingerprint density at radius 1 is 1.07 bits per heavy atom. The highest BCUT2D eigenvalue weighted by Gasteiger charge is 2.19. The average molecular weight is 413 g/mol. The number of hydrogen-bond acceptors (Lipinski definition) is 5. The number of nitrogens with one attached hydrogen (secondary N) is 2. The number of rotatable bonds is 7. The molecule has 2 N–H and O–H groups in total. The van der Waals surface area contributed by atoms with Gasteiger partial charge in [0.05, 0.1) is 18.5 Å². The SMILES string of the molecule is CCOc1ccc(-c2cnccn2)cc1CNC1CCC(NC)CC1.Cl.Cl. The first-order chi connectivity index (χ1) is 12.3. The molecule has 0 spiro atoms. The Morgan fingerprint density at radius 3 is 2.44 bits per heavy atom. The van der Waals surface area contributed by atoms with Crippen molar-refractivity contribution in [3.8, 4) is 17.0 Å². The molecule has 0 atom stereocenters. The van der Waals surface area contributed by atoms with Crippen LogP contribution < -0.4 is 15.4 Å². The van der Waals surface area contributed by atoms with Gasteiger partial charge in [-0.2, -0.15) is 0 Å². The Labute approximate surface area is 174 Å². The third-order valence-electron chi connectivity index (χ3n) is 4.94. The van der Waals surface area contributed by atoms with Crippen molar-refractivity contribution >= 4 is 24.8 Å². The first-order valence-corrected chi connectivity index (χ1v) is 9.23. The second-order valence-corrected chi connectivity index (χ2v) is 6.56. The zero-order valence-corrected chi connectivity index (χ0v) is 17.6. The van der Waals surface area contributed by atoms with Gasteiger partial charge in [-0.25, -0.2) is 0 Å². The van der Waals surface area contributed by atoms with Crippen molar-refractivity contribution in [3.63, 3.8) is 0 Å². The van der Waals surface area contributed by atoms with Crippen molar-refractivity contribution in [1.29, 1.82) is 0 Å². The topological polar surface area (TPSA) is 59.1 Å². The number of nitrogens with zero attached hydrogens (tertiary/aromatic N) is 2. The van der Waals surface area contributed by atoms with Crippen LogP contribution in [0.2, 0.25) is 0 Å². The predicted molar refractivity (Wildman–Crippen MR) is 115 cm³/mol. The van der Waals surface area contributed by atoms with E-state index in [-0.39, 0.29) is 24.8 Å². The van der Waals surface area contributed by atoms with E-state index in [0.29, 0.717) is 18.7 Å². The molecule has 1 saturated carbocycles. The van der Waals surface area contributed by atoms with Crippen LogP contribution in [0.5, 0.6) is 5.75 Å². The first kappa shape index (κ1) is 23.6. The molecule has 0 bridgehead atoms. The Hall–Kier alpha value is -1.40. The molecular formula is C20H30Cl2N4O. The first-order valence-electron chi connectivity index (χ1n) is 9.23. The number of benzene rings is 1. The lowest BCUT2D eigenvalue weighted by Gasteiger charge is -2.29. The Bertz CT molecular complexity index is 664. The van der Waals surface area contributed by atoms with Gasteiger partial charge in [0.2, 0.25) is 0 Å². The quantitative estimate of drug-likeness (QED) is 0.719. The van der Waals surface area contributed by atoms with Crippen LogP contribution in [-0.4, -0.2) is 35.7 Å². The fourth-order valence-electron chi connectivity index (χ4n) is 3.46. The summed E-state index contributed by atoms with van der Waals surface area (Å²) in [6.07, 6.45) is 10.1. The summed E-state index contributed by atoms with van der Waals surface area (Å²) in [6, 6.07) is 7.52. The van der Waals surface area contributed by atoms with Crippen LogP contribution >= 0.6 is 24.8 Å². The summed E-state index contributed by atoms with van der Waals surface area (Å²) in [4.78, 5) is 8.57. The summed E-state index contributed by atoms with van der Waals surface area (Å²) in [5, 5.41) is 7.11. The smallest absolute Gasteiger partial charge is 0.123 e. The third kappa shape index (κ3) is 6.61. The lowest BCUT2D eigenvalue weighted by molar-refractivity contribution is 0.310. The van der Waals surface area contributed by atoms with Crippen molar-refractivity contribution < 1.29 is 4.74 Å². The Kier molecular flexibility index (Phi) is 10.6. The minimum atomic E-state index is 0. The molecular weight excluding hydrogens is 383 g/mol. The highest BCUT2D eigenvalue weighted by molar-refractivity contribution is 5.85. The van der Waals surface area contributed by atoms with Crippen molar-refractivity contribution in [1.82, 2.24) is 20.6 Å². The molecule has 1 aromatic heterocycles. The van der Waals surface area contributed by atoms with Crippen LogP contribution in [0.3, 0.4) is 0 Å². The molecule has 1 heterocycles. The molecule has 150 valence electrons. The summed E-state index contributed by atoms with van der Waals surface area (Å²) in [5.74, 6) is 0.951. The maximum Gasteiger partial charge on any atom is 0.123 e. The fraction of sp³-hybridized carbons (Fsp3) is 0.500. The second-order valence-electron chi connectivity index (χ2n) is 6.56. The van der Waals surface area contributed by atoms with E-state index in [4.69, 9.17) is 4.74 Å². The summed E-state index contributed by atoms with van der Waals surface area (Å²) in [6.45, 7) is 3.51. The van der Waals surface area contributed by atoms with Gasteiger partial charge in [-0.05, 0) is 57.9 Å². The van der Waals surface area contributed by atoms with Crippen molar-refractivity contribution in [2.45, 2.75) is 51.2 Å². The van der Waals surface area contributed by atoms with Gasteiger partial charge in [0.15, 0.2) is 0 Å². The lowest BCUT2D eigenvalue weighted by atomic mass is 9.91. The number of halogens is 2. The average Bonchev–Trinajstić information content (AvgIpc) is 2.68. The number of hydrogen-bond donors (Lipinski definition) is 2. The molecule has 0 amide bonds. The standard InChI is InChI=1S/C20H28N4O.2ClH/c1-3-25-20-9-4-15(19-14-22-10-11-23-19)12-16(20)13-24-18-7-5-17(21-2)6-8-18;;/h4,9-12,14,17-18,21,24H,3,5-8,13H2,1-2H3;2*1H. The zero-order valence-electron chi connectivity index (χ0n) is 16.0. The van der Waals surface area contributed by atoms with Gasteiger partial charge in [0, 0.05) is 42.1 Å². The van der Waals surface area contributed by atoms with Crippen LogP contribution in [0.15, 0.2) is 36.8 Å². The van der Waals surface area contributed by atoms with Gasteiger partial charge in [-0.15, -0.1) is 24.8 Å². The summed E-state index contributed by atoms with van der Waals surface area (Å²) in [5.41, 5.74) is 3.15. The molecule has 2 aromatic rings. The molecule has 1 aromatic carbocycles. The Morgan fingerprint density at radius 2 is 1.81 bits per heavy atom. The predicted octanol–water partition coefficient (Wildman–Crippen LogP) is 4.01. The molecule has 1 fully saturated rings. The van der Waals surface area contributed by atoms with Crippen LogP contribution in [0, 0.1) is 0 Å². The zero-order chi connectivity index (χ0) is 17.5. The van der Waals surface area contributed by atoms with E-state index in [1.165, 1.54) is 31.2 Å². The lowest BCUT2D eigenvalue weighted by Crippen LogP contribution is -2.38. The minimum Gasteiger partial charge on any atom is -0.494 e. The van der Waals surface area contributed by atoms with E-state index in [1.54, 1.807) is 18.6 Å². The number of ether oxygens (including phenoxy) is 1. The Balaban J connectivity index is 0.00000182. The molecule has 0 aliphatic heterocycles. The van der Waals surface area contributed by atoms with E-state index < -0.39 is 0 Å². The molecule has 3 rings (SSSR count). The number of aromatic nitrogens is 2. The molecule has 7 heteroatoms. The second kappa shape index (κ2) is 12.1. The highest BCUT2D eigenvalue weighted by atomic mass is 35.5. The van der Waals surface area contributed by atoms with Gasteiger partial charge in [-0.3, -0.25) is 9.97 Å². The normalized spacial score (nSPS) is 18.9. The van der Waals surface area contributed by atoms with E-state index in [2.05, 4.69) is 39.8 Å². The van der Waals surface area contributed by atoms with Gasteiger partial charge >= 0.3 is 0 Å². The molecule has 1 aliphatic rings. The van der Waals surface area contributed by atoms with E-state index >= 15 is 0 Å². The van der Waals surface area contributed by atoms with Crippen LogP contribution in [-0.2, 0) is 6.54 Å². The molecule has 5 nitrogen and oxygen atoms in total. The van der Waals surface area contributed by atoms with Gasteiger partial charge in [0.1, 0.15) is 5.75 Å². The van der Waals surface area contributed by atoms with Gasteiger partial charge in [-0.1, -0.05) is 0 Å². The highest BCUT2D eigenvalue weighted by Crippen LogP contribution is 2.26. The van der Waals surface area contributed by atoms with Gasteiger partial charge in [0.25, 0.3) is 0 Å². The van der Waals surface area contributed by atoms with Gasteiger partial charge < -0.3 is 15.4 Å². The van der Waals surface area contributed by atoms with Crippen molar-refractivity contribution in [2.24, 2.45) is 0 Å². The monoisotopic (exact) mass is 412 g/mol. The molecule has 0 radical (unpaired) electrons. The van der Waals surface area contributed by atoms with E-state index in [0.717, 1.165) is 23.6 Å². The summed E-state index contributed by atoms with van der Waals surface area (Å²) in [7, 11) is 2.06. The van der Waals surface area contributed by atoms with Crippen molar-refractivity contribution in [2.75, 3.05) is 13.7 Å². The van der Waals surface area contributed by atoms with E-state index in [9.17, 15) is 0 Å². The fourth-order valence-corrected chi connectivity index (χ4v) is 3.46. The maximum absolute atomic E-state index is 5.82. The van der Waals surface area contributed by atoms with Crippen molar-refractivity contribution in [3.05, 3.63) is 42.4 Å². The van der Waals surface area contributed by atoms with E-state index in [1.807, 2.05) is 13.0 Å². The van der Waals surface area contributed by atoms with Crippen LogP contribution in [0.25, 0.3) is 11.3 Å². The maximum atomic E-state index is 5.82. The molecule has 27 heavy (non-hydrogen) atoms. The van der Waals surface area contributed by atoms with Crippen LogP contribution in [0.1, 0.15) is 38.2 Å². The largest absolute Gasteiger partial charge is 0.494 e. The summed E-state index contributed by atoms with van der Waals surface area (Å²) >= 11 is 0. The summed E-state index contributed by atoms with van der Waals surface area (Å²) < 4.78 is 5.82. The van der Waals surface area contributed by atoms with Crippen LogP contribution in [0.4, 0.5) is 0 Å². The molecule has 1 aliphatic carbocycles. The minimum absolute atomic E-state index is 0. The molecule has 0 saturated heterocycles. The third-order valence-corrected chi connectivity index (χ3v) is 4.94. The molecule has 0 unspecified atom stereocenters.